The monoisotopic (exact) mass is 666 g/mol. The minimum atomic E-state index is -0.460. The van der Waals surface area contributed by atoms with Crippen molar-refractivity contribution in [1.82, 2.24) is 0 Å². The standard InChI is InChI=1S/C48H42O3/c49-23-5-6-32-11-12-37-28-41(19-15-35(37)26-32)48(42-20-16-39-30-43(51-25-24-50)21-17-38(39)29-42)46-10-4-3-9-44(46)45-22-18-40(31-47(45)48)36-14-13-33-7-1-2-8-34(33)27-36/h1-4,7-10,13-14,16-18,20-22,26-31,49-50H,5-6,11-12,15,19,23-25H2. The first-order valence-corrected chi connectivity index (χ1v) is 18.4. The van der Waals surface area contributed by atoms with Gasteiger partial charge in [0.2, 0.25) is 0 Å². The van der Waals surface area contributed by atoms with Crippen LogP contribution < -0.4 is 4.74 Å². The van der Waals surface area contributed by atoms with E-state index in [9.17, 15) is 10.2 Å². The Labute approximate surface area is 299 Å². The van der Waals surface area contributed by atoms with Gasteiger partial charge in [-0.15, -0.1) is 0 Å². The average molecular weight is 667 g/mol. The molecule has 9 rings (SSSR count). The zero-order valence-corrected chi connectivity index (χ0v) is 28.9. The highest BCUT2D eigenvalue weighted by atomic mass is 16.5. The number of rotatable bonds is 9. The molecule has 3 aliphatic rings. The Morgan fingerprint density at radius 3 is 2.16 bits per heavy atom. The van der Waals surface area contributed by atoms with Gasteiger partial charge >= 0.3 is 0 Å². The first-order valence-electron chi connectivity index (χ1n) is 18.4. The molecule has 0 heterocycles. The molecule has 51 heavy (non-hydrogen) atoms. The van der Waals surface area contributed by atoms with Crippen LogP contribution >= 0.6 is 0 Å². The van der Waals surface area contributed by atoms with Crippen molar-refractivity contribution >= 4 is 21.5 Å². The van der Waals surface area contributed by atoms with E-state index in [0.717, 1.165) is 49.7 Å². The second-order valence-electron chi connectivity index (χ2n) is 14.3. The summed E-state index contributed by atoms with van der Waals surface area (Å²) >= 11 is 0. The van der Waals surface area contributed by atoms with Crippen molar-refractivity contribution < 1.29 is 14.9 Å². The van der Waals surface area contributed by atoms with E-state index in [0.29, 0.717) is 0 Å². The summed E-state index contributed by atoms with van der Waals surface area (Å²) in [7, 11) is 0. The molecule has 0 aromatic heterocycles. The smallest absolute Gasteiger partial charge is 0.120 e. The molecular formula is C48H42O3. The van der Waals surface area contributed by atoms with Crippen LogP contribution in [-0.4, -0.2) is 30.0 Å². The highest BCUT2D eigenvalue weighted by Crippen LogP contribution is 2.59. The molecule has 3 heteroatoms. The molecule has 252 valence electrons. The van der Waals surface area contributed by atoms with Crippen LogP contribution in [0.4, 0.5) is 0 Å². The molecule has 3 aliphatic carbocycles. The van der Waals surface area contributed by atoms with Crippen LogP contribution in [0.15, 0.2) is 156 Å². The topological polar surface area (TPSA) is 49.7 Å². The number of hydrogen-bond acceptors (Lipinski definition) is 3. The van der Waals surface area contributed by atoms with E-state index in [2.05, 4.69) is 127 Å². The third kappa shape index (κ3) is 5.44. The van der Waals surface area contributed by atoms with Gasteiger partial charge in [-0.05, 0) is 140 Å². The summed E-state index contributed by atoms with van der Waals surface area (Å²) in [6, 6.07) is 44.9. The number of aliphatic hydroxyl groups is 2. The second-order valence-corrected chi connectivity index (χ2v) is 14.3. The number of fused-ring (bicyclic) bond motifs is 5. The largest absolute Gasteiger partial charge is 0.491 e. The highest BCUT2D eigenvalue weighted by Gasteiger charge is 2.48. The molecule has 1 atom stereocenters. The Hall–Kier alpha value is -5.22. The molecule has 0 fully saturated rings. The Bertz CT molecular complexity index is 2410. The number of ether oxygens (including phenoxy) is 1. The van der Waals surface area contributed by atoms with Crippen LogP contribution in [0.2, 0.25) is 0 Å². The minimum absolute atomic E-state index is 0.00741. The first kappa shape index (κ1) is 31.7. The summed E-state index contributed by atoms with van der Waals surface area (Å²) in [5, 5.41) is 23.6. The summed E-state index contributed by atoms with van der Waals surface area (Å²) < 4.78 is 5.78. The third-order valence-corrected chi connectivity index (χ3v) is 11.4. The van der Waals surface area contributed by atoms with Crippen molar-refractivity contribution in [3.63, 3.8) is 0 Å². The van der Waals surface area contributed by atoms with Crippen molar-refractivity contribution in [1.29, 1.82) is 0 Å². The summed E-state index contributed by atoms with van der Waals surface area (Å²) in [6.45, 7) is 0.523. The number of allylic oxidation sites excluding steroid dienone is 6. The van der Waals surface area contributed by atoms with E-state index in [1.54, 1.807) is 0 Å². The zero-order valence-electron chi connectivity index (χ0n) is 28.9. The molecule has 0 radical (unpaired) electrons. The lowest BCUT2D eigenvalue weighted by atomic mass is 9.63. The average Bonchev–Trinajstić information content (AvgIpc) is 3.49. The predicted molar refractivity (Wildman–Crippen MR) is 209 cm³/mol. The fraction of sp³-hybridized carbons (Fsp3) is 0.208. The van der Waals surface area contributed by atoms with Gasteiger partial charge < -0.3 is 14.9 Å². The molecule has 1 unspecified atom stereocenters. The maximum atomic E-state index is 9.47. The van der Waals surface area contributed by atoms with Gasteiger partial charge in [-0.2, -0.15) is 0 Å². The molecule has 6 aromatic rings. The van der Waals surface area contributed by atoms with Gasteiger partial charge in [0.15, 0.2) is 0 Å². The summed E-state index contributed by atoms with van der Waals surface area (Å²) in [5.41, 5.74) is 14.5. The maximum absolute atomic E-state index is 9.47. The Morgan fingerprint density at radius 2 is 1.25 bits per heavy atom. The molecule has 0 saturated carbocycles. The molecule has 2 N–H and O–H groups in total. The van der Waals surface area contributed by atoms with Gasteiger partial charge in [-0.25, -0.2) is 0 Å². The van der Waals surface area contributed by atoms with Gasteiger partial charge in [-0.1, -0.05) is 114 Å². The number of benzene rings is 6. The van der Waals surface area contributed by atoms with Gasteiger partial charge in [0.05, 0.1) is 12.0 Å². The Kier molecular flexibility index (Phi) is 8.19. The van der Waals surface area contributed by atoms with E-state index < -0.39 is 5.41 Å². The maximum Gasteiger partial charge on any atom is 0.120 e. The lowest BCUT2D eigenvalue weighted by molar-refractivity contribution is 0.201. The van der Waals surface area contributed by atoms with Crippen LogP contribution in [-0.2, 0) is 5.41 Å². The Balaban J connectivity index is 1.27. The zero-order chi connectivity index (χ0) is 34.4. The molecule has 0 spiro atoms. The van der Waals surface area contributed by atoms with E-state index in [-0.39, 0.29) is 19.8 Å². The van der Waals surface area contributed by atoms with Crippen molar-refractivity contribution in [3.05, 3.63) is 172 Å². The highest BCUT2D eigenvalue weighted by molar-refractivity contribution is 5.92. The van der Waals surface area contributed by atoms with Gasteiger partial charge in [0, 0.05) is 6.61 Å². The van der Waals surface area contributed by atoms with Crippen molar-refractivity contribution in [2.24, 2.45) is 0 Å². The fourth-order valence-electron chi connectivity index (χ4n) is 9.00. The van der Waals surface area contributed by atoms with Gasteiger partial charge in [-0.3, -0.25) is 0 Å². The first-order chi connectivity index (χ1) is 25.1. The van der Waals surface area contributed by atoms with Crippen LogP contribution in [0.25, 0.3) is 43.8 Å². The van der Waals surface area contributed by atoms with Crippen LogP contribution in [0.1, 0.15) is 55.2 Å². The van der Waals surface area contributed by atoms with Crippen molar-refractivity contribution in [2.75, 3.05) is 19.8 Å². The quantitative estimate of drug-likeness (QED) is 0.161. The number of aliphatic hydroxyl groups excluding tert-OH is 2. The minimum Gasteiger partial charge on any atom is -0.491 e. The fourth-order valence-corrected chi connectivity index (χ4v) is 9.00. The van der Waals surface area contributed by atoms with Crippen LogP contribution in [0, 0.1) is 0 Å². The summed E-state index contributed by atoms with van der Waals surface area (Å²) in [6.07, 6.45) is 10.9. The lowest BCUT2D eigenvalue weighted by Gasteiger charge is -2.39. The van der Waals surface area contributed by atoms with Crippen molar-refractivity contribution in [2.45, 2.75) is 43.9 Å². The molecule has 0 amide bonds. The SMILES string of the molecule is OCCCC1=CC2=C(C=C(C3(c4ccc5cc(OCCO)ccc5c4)c4ccccc4-c4ccc(-c5ccc6ccccc6c5)cc43)CC2)CC1. The normalized spacial score (nSPS) is 17.9. The Morgan fingerprint density at radius 1 is 0.549 bits per heavy atom. The molecule has 0 saturated heterocycles. The molecule has 6 aromatic carbocycles. The third-order valence-electron chi connectivity index (χ3n) is 11.4. The van der Waals surface area contributed by atoms with E-state index >= 15 is 0 Å². The van der Waals surface area contributed by atoms with E-state index in [1.807, 2.05) is 6.07 Å². The molecule has 0 bridgehead atoms. The molecule has 3 nitrogen and oxygen atoms in total. The van der Waals surface area contributed by atoms with Gasteiger partial charge in [0.25, 0.3) is 0 Å². The van der Waals surface area contributed by atoms with Crippen molar-refractivity contribution in [3.8, 4) is 28.0 Å². The number of hydrogen-bond donors (Lipinski definition) is 2. The van der Waals surface area contributed by atoms with E-state index in [4.69, 9.17) is 4.74 Å². The van der Waals surface area contributed by atoms with Gasteiger partial charge in [0.1, 0.15) is 12.4 Å². The predicted octanol–water partition coefficient (Wildman–Crippen LogP) is 10.9. The van der Waals surface area contributed by atoms with Crippen LogP contribution in [0.3, 0.4) is 0 Å². The van der Waals surface area contributed by atoms with E-state index in [1.165, 1.54) is 77.4 Å². The lowest BCUT2D eigenvalue weighted by Crippen LogP contribution is -2.31. The summed E-state index contributed by atoms with van der Waals surface area (Å²) in [4.78, 5) is 0. The summed E-state index contributed by atoms with van der Waals surface area (Å²) in [5.74, 6) is 0.772. The molecule has 0 aliphatic heterocycles. The molecular weight excluding hydrogens is 625 g/mol. The van der Waals surface area contributed by atoms with Crippen LogP contribution in [0.5, 0.6) is 5.75 Å². The second kappa shape index (κ2) is 13.2.